The van der Waals surface area contributed by atoms with Crippen molar-refractivity contribution < 1.29 is 4.42 Å². The van der Waals surface area contributed by atoms with Crippen LogP contribution in [0.25, 0.3) is 60.5 Å². The normalized spacial score (nSPS) is 14.7. The van der Waals surface area contributed by atoms with Gasteiger partial charge in [0.25, 0.3) is 0 Å². The number of allylic oxidation sites excluding steroid dienone is 4. The molecule has 0 spiro atoms. The van der Waals surface area contributed by atoms with Gasteiger partial charge in [0, 0.05) is 33.3 Å². The topological polar surface area (TPSA) is 16.4 Å². The maximum atomic E-state index is 6.26. The Morgan fingerprint density at radius 2 is 1.20 bits per heavy atom. The minimum Gasteiger partial charge on any atom is -0.456 e. The first-order valence-corrected chi connectivity index (χ1v) is 18.0. The Morgan fingerprint density at radius 3 is 2.06 bits per heavy atom. The molecular formula is C49H37NO. The van der Waals surface area contributed by atoms with Gasteiger partial charge in [-0.1, -0.05) is 135 Å². The molecule has 1 heterocycles. The van der Waals surface area contributed by atoms with Crippen molar-refractivity contribution in [3.05, 3.63) is 186 Å². The zero-order chi connectivity index (χ0) is 34.1. The summed E-state index contributed by atoms with van der Waals surface area (Å²) in [6.45, 7) is 4.72. The van der Waals surface area contributed by atoms with Crippen LogP contribution in [0.5, 0.6) is 0 Å². The highest BCUT2D eigenvalue weighted by Gasteiger charge is 2.36. The molecule has 2 heteroatoms. The van der Waals surface area contributed by atoms with Crippen LogP contribution in [0.1, 0.15) is 43.4 Å². The summed E-state index contributed by atoms with van der Waals surface area (Å²) in [5, 5.41) is 4.84. The number of nitrogens with zero attached hydrogens (tertiary/aromatic N) is 1. The number of benzene rings is 7. The van der Waals surface area contributed by atoms with Gasteiger partial charge in [-0.3, -0.25) is 0 Å². The standard InChI is InChI=1S/C49H37NO/c1-49(2)44-18-10-8-16-40(44)41-28-25-37(31-45(41)49)50(36-26-29-47-43(30-36)42-17-9-11-19-46(42)51-47)35-23-20-33(21-24-35)39-27-22-32-12-6-7-15-38(32)48(39)34-13-4-3-5-14-34/h3-20,22-23,25-31H,21,24H2,1-2H3. The fourth-order valence-electron chi connectivity index (χ4n) is 8.66. The molecule has 51 heavy (non-hydrogen) atoms. The molecule has 10 rings (SSSR count). The van der Waals surface area contributed by atoms with E-state index in [4.69, 9.17) is 4.42 Å². The molecule has 2 aliphatic rings. The second kappa shape index (κ2) is 11.5. The van der Waals surface area contributed by atoms with Gasteiger partial charge in [0.15, 0.2) is 0 Å². The summed E-state index contributed by atoms with van der Waals surface area (Å²) in [6.07, 6.45) is 6.58. The van der Waals surface area contributed by atoms with Crippen molar-refractivity contribution in [1.29, 1.82) is 0 Å². The largest absolute Gasteiger partial charge is 0.456 e. The van der Waals surface area contributed by atoms with Crippen LogP contribution in [-0.2, 0) is 5.41 Å². The maximum Gasteiger partial charge on any atom is 0.135 e. The number of para-hydroxylation sites is 1. The number of anilines is 2. The fraction of sp³-hybridized carbons (Fsp3) is 0.102. The van der Waals surface area contributed by atoms with E-state index in [1.54, 1.807) is 0 Å². The molecule has 8 aromatic rings. The average molecular weight is 656 g/mol. The van der Waals surface area contributed by atoms with Gasteiger partial charge in [0.2, 0.25) is 0 Å². The molecular weight excluding hydrogens is 619 g/mol. The highest BCUT2D eigenvalue weighted by Crippen LogP contribution is 2.51. The molecule has 0 unspecified atom stereocenters. The van der Waals surface area contributed by atoms with Crippen molar-refractivity contribution in [3.8, 4) is 22.3 Å². The van der Waals surface area contributed by atoms with Gasteiger partial charge in [-0.2, -0.15) is 0 Å². The molecule has 0 aliphatic heterocycles. The van der Waals surface area contributed by atoms with Crippen LogP contribution >= 0.6 is 0 Å². The Labute approximate surface area is 298 Å². The van der Waals surface area contributed by atoms with Crippen LogP contribution < -0.4 is 4.90 Å². The van der Waals surface area contributed by atoms with E-state index in [-0.39, 0.29) is 5.41 Å². The van der Waals surface area contributed by atoms with Crippen LogP contribution in [-0.4, -0.2) is 0 Å². The Bertz CT molecular complexity index is 2720. The molecule has 0 saturated carbocycles. The SMILES string of the molecule is CC1(C)c2ccccc2-c2ccc(N(C3=CC=C(c4ccc5ccccc5c4-c4ccccc4)CC3)c3ccc4oc5ccccc5c4c3)cc21. The monoisotopic (exact) mass is 655 g/mol. The lowest BCUT2D eigenvalue weighted by Crippen LogP contribution is -2.20. The summed E-state index contributed by atoms with van der Waals surface area (Å²) in [7, 11) is 0. The molecule has 1 aromatic heterocycles. The third kappa shape index (κ3) is 4.71. The van der Waals surface area contributed by atoms with Crippen LogP contribution in [0.3, 0.4) is 0 Å². The molecule has 0 N–H and O–H groups in total. The van der Waals surface area contributed by atoms with E-state index >= 15 is 0 Å². The molecule has 244 valence electrons. The predicted molar refractivity (Wildman–Crippen MR) is 215 cm³/mol. The number of fused-ring (bicyclic) bond motifs is 7. The molecule has 0 radical (unpaired) electrons. The highest BCUT2D eigenvalue weighted by atomic mass is 16.3. The summed E-state index contributed by atoms with van der Waals surface area (Å²) >= 11 is 0. The lowest BCUT2D eigenvalue weighted by atomic mass is 9.82. The molecule has 2 nitrogen and oxygen atoms in total. The van der Waals surface area contributed by atoms with Gasteiger partial charge >= 0.3 is 0 Å². The zero-order valence-electron chi connectivity index (χ0n) is 28.9. The summed E-state index contributed by atoms with van der Waals surface area (Å²) in [5.41, 5.74) is 16.0. The number of hydrogen-bond acceptors (Lipinski definition) is 2. The summed E-state index contributed by atoms with van der Waals surface area (Å²) < 4.78 is 6.26. The predicted octanol–water partition coefficient (Wildman–Crippen LogP) is 13.6. The van der Waals surface area contributed by atoms with Crippen LogP contribution in [0.15, 0.2) is 174 Å². The average Bonchev–Trinajstić information content (AvgIpc) is 3.66. The maximum absolute atomic E-state index is 6.26. The Kier molecular flexibility index (Phi) is 6.69. The van der Waals surface area contributed by atoms with E-state index in [0.717, 1.165) is 40.5 Å². The van der Waals surface area contributed by atoms with Gasteiger partial charge in [-0.25, -0.2) is 0 Å². The number of furan rings is 1. The van der Waals surface area contributed by atoms with E-state index in [1.807, 2.05) is 6.07 Å². The van der Waals surface area contributed by atoms with Crippen LogP contribution in [0.2, 0.25) is 0 Å². The van der Waals surface area contributed by atoms with E-state index in [1.165, 1.54) is 66.7 Å². The molecule has 0 atom stereocenters. The molecule has 0 fully saturated rings. The molecule has 0 bridgehead atoms. The van der Waals surface area contributed by atoms with E-state index in [0.29, 0.717) is 0 Å². The molecule has 0 amide bonds. The van der Waals surface area contributed by atoms with Crippen molar-refractivity contribution in [2.75, 3.05) is 4.90 Å². The van der Waals surface area contributed by atoms with E-state index < -0.39 is 0 Å². The van der Waals surface area contributed by atoms with Gasteiger partial charge < -0.3 is 9.32 Å². The van der Waals surface area contributed by atoms with Crippen molar-refractivity contribution in [2.45, 2.75) is 32.1 Å². The van der Waals surface area contributed by atoms with Crippen LogP contribution in [0, 0.1) is 0 Å². The first-order chi connectivity index (χ1) is 25.0. The second-order valence-corrected chi connectivity index (χ2v) is 14.4. The quantitative estimate of drug-likeness (QED) is 0.183. The minimum atomic E-state index is -0.0870. The first-order valence-electron chi connectivity index (χ1n) is 18.0. The van der Waals surface area contributed by atoms with Crippen molar-refractivity contribution in [3.63, 3.8) is 0 Å². The van der Waals surface area contributed by atoms with Crippen molar-refractivity contribution in [2.24, 2.45) is 0 Å². The van der Waals surface area contributed by atoms with Crippen molar-refractivity contribution >= 4 is 49.7 Å². The Morgan fingerprint density at radius 1 is 0.510 bits per heavy atom. The summed E-state index contributed by atoms with van der Waals surface area (Å²) in [4.78, 5) is 2.48. The minimum absolute atomic E-state index is 0.0870. The lowest BCUT2D eigenvalue weighted by molar-refractivity contribution is 0.660. The van der Waals surface area contributed by atoms with Gasteiger partial charge in [0.05, 0.1) is 0 Å². The summed E-state index contributed by atoms with van der Waals surface area (Å²) in [6, 6.07) is 55.2. The van der Waals surface area contributed by atoms with Gasteiger partial charge in [-0.05, 0) is 111 Å². The fourth-order valence-corrected chi connectivity index (χ4v) is 8.66. The first kappa shape index (κ1) is 29.8. The Balaban J connectivity index is 1.14. The lowest BCUT2D eigenvalue weighted by Gasteiger charge is -2.31. The van der Waals surface area contributed by atoms with Gasteiger partial charge in [0.1, 0.15) is 11.2 Å². The van der Waals surface area contributed by atoms with E-state index in [9.17, 15) is 0 Å². The smallest absolute Gasteiger partial charge is 0.135 e. The van der Waals surface area contributed by atoms with Crippen LogP contribution in [0.4, 0.5) is 11.4 Å². The molecule has 0 saturated heterocycles. The molecule has 7 aromatic carbocycles. The summed E-state index contributed by atoms with van der Waals surface area (Å²) in [5.74, 6) is 0. The van der Waals surface area contributed by atoms with Gasteiger partial charge in [-0.15, -0.1) is 0 Å². The zero-order valence-corrected chi connectivity index (χ0v) is 28.9. The highest BCUT2D eigenvalue weighted by molar-refractivity contribution is 6.06. The third-order valence-electron chi connectivity index (χ3n) is 11.2. The Hall–Kier alpha value is -6.12. The molecule has 2 aliphatic carbocycles. The van der Waals surface area contributed by atoms with Crippen molar-refractivity contribution in [1.82, 2.24) is 0 Å². The number of hydrogen-bond donors (Lipinski definition) is 0. The number of rotatable bonds is 5. The third-order valence-corrected chi connectivity index (χ3v) is 11.2. The van der Waals surface area contributed by atoms with E-state index in [2.05, 4.69) is 176 Å². The second-order valence-electron chi connectivity index (χ2n) is 14.4.